The molecule has 0 radical (unpaired) electrons. The van der Waals surface area contributed by atoms with Gasteiger partial charge >= 0.3 is 0 Å². The van der Waals surface area contributed by atoms with Crippen molar-refractivity contribution in [3.8, 4) is 0 Å². The van der Waals surface area contributed by atoms with Gasteiger partial charge in [0.2, 0.25) is 0 Å². The van der Waals surface area contributed by atoms with Gasteiger partial charge in [0.25, 0.3) is 0 Å². The van der Waals surface area contributed by atoms with Crippen LogP contribution in [-0.4, -0.2) is 26.8 Å². The molecule has 94 valence electrons. The Balaban J connectivity index is 1.86. The van der Waals surface area contributed by atoms with E-state index in [9.17, 15) is 0 Å². The van der Waals surface area contributed by atoms with Gasteiger partial charge in [-0.15, -0.1) is 0 Å². The van der Waals surface area contributed by atoms with Gasteiger partial charge in [0.15, 0.2) is 5.96 Å². The highest BCUT2D eigenvalue weighted by Gasteiger charge is 2.14. The summed E-state index contributed by atoms with van der Waals surface area (Å²) in [5.74, 6) is 1.37. The highest BCUT2D eigenvalue weighted by Crippen LogP contribution is 2.17. The van der Waals surface area contributed by atoms with E-state index in [-0.39, 0.29) is 0 Å². The molecule has 0 saturated heterocycles. The van der Waals surface area contributed by atoms with Gasteiger partial charge in [-0.05, 0) is 19.8 Å². The fraction of sp³-hybridized carbons (Fsp3) is 0.727. The van der Waals surface area contributed by atoms with Gasteiger partial charge in [0.05, 0.1) is 0 Å². The van der Waals surface area contributed by atoms with Crippen LogP contribution in [0.4, 0.5) is 0 Å². The molecule has 1 saturated carbocycles. The maximum Gasteiger partial charge on any atom is 0.189 e. The molecule has 0 atom stereocenters. The van der Waals surface area contributed by atoms with E-state index >= 15 is 0 Å². The van der Waals surface area contributed by atoms with E-state index in [1.165, 1.54) is 25.7 Å². The van der Waals surface area contributed by atoms with E-state index in [1.54, 1.807) is 6.33 Å². The number of aliphatic imine (C=N–C) groups is 1. The monoisotopic (exact) mass is 236 g/mol. The van der Waals surface area contributed by atoms with Crippen LogP contribution in [0.3, 0.4) is 0 Å². The van der Waals surface area contributed by atoms with Crippen molar-refractivity contribution in [3.63, 3.8) is 0 Å². The normalized spacial score (nSPS) is 17.6. The second-order valence-electron chi connectivity index (χ2n) is 4.32. The number of hydrogen-bond acceptors (Lipinski definition) is 3. The van der Waals surface area contributed by atoms with E-state index in [4.69, 9.17) is 5.73 Å². The molecule has 2 rings (SSSR count). The van der Waals surface area contributed by atoms with Gasteiger partial charge < -0.3 is 11.1 Å². The maximum absolute atomic E-state index is 5.84. The molecule has 17 heavy (non-hydrogen) atoms. The predicted molar refractivity (Wildman–Crippen MR) is 66.4 cm³/mol. The zero-order valence-electron chi connectivity index (χ0n) is 10.3. The van der Waals surface area contributed by atoms with Crippen LogP contribution < -0.4 is 11.1 Å². The Bertz CT molecular complexity index is 377. The average Bonchev–Trinajstić information content (AvgIpc) is 2.96. The molecule has 0 aromatic carbocycles. The Morgan fingerprint density at radius 2 is 2.35 bits per heavy atom. The number of rotatable bonds is 4. The largest absolute Gasteiger partial charge is 0.370 e. The van der Waals surface area contributed by atoms with Crippen molar-refractivity contribution in [2.24, 2.45) is 10.7 Å². The Morgan fingerprint density at radius 1 is 1.59 bits per heavy atom. The van der Waals surface area contributed by atoms with Crippen LogP contribution in [0.2, 0.25) is 0 Å². The van der Waals surface area contributed by atoms with E-state index in [2.05, 4.69) is 20.4 Å². The van der Waals surface area contributed by atoms with Gasteiger partial charge in [-0.1, -0.05) is 12.8 Å². The van der Waals surface area contributed by atoms with E-state index in [0.717, 1.165) is 12.4 Å². The predicted octanol–water partition coefficient (Wildman–Crippen LogP) is 0.645. The van der Waals surface area contributed by atoms with Gasteiger partial charge in [-0.25, -0.2) is 14.7 Å². The molecule has 1 fully saturated rings. The van der Waals surface area contributed by atoms with Crippen molar-refractivity contribution in [2.45, 2.75) is 51.7 Å². The number of aryl methyl sites for hydroxylation is 1. The number of hydrogen-bond donors (Lipinski definition) is 2. The van der Waals surface area contributed by atoms with Gasteiger partial charge in [-0.3, -0.25) is 0 Å². The zero-order valence-corrected chi connectivity index (χ0v) is 10.3. The van der Waals surface area contributed by atoms with Crippen molar-refractivity contribution in [1.29, 1.82) is 0 Å². The summed E-state index contributed by atoms with van der Waals surface area (Å²) in [7, 11) is 0. The highest BCUT2D eigenvalue weighted by molar-refractivity contribution is 5.78. The molecule has 3 N–H and O–H groups in total. The fourth-order valence-electron chi connectivity index (χ4n) is 2.16. The Morgan fingerprint density at radius 3 is 3.06 bits per heavy atom. The number of aromatic nitrogens is 3. The van der Waals surface area contributed by atoms with Crippen molar-refractivity contribution in [3.05, 3.63) is 12.2 Å². The first-order chi connectivity index (χ1) is 8.29. The van der Waals surface area contributed by atoms with Crippen LogP contribution in [0.5, 0.6) is 0 Å². The van der Waals surface area contributed by atoms with Crippen LogP contribution in [0, 0.1) is 0 Å². The highest BCUT2D eigenvalue weighted by atomic mass is 15.3. The first-order valence-corrected chi connectivity index (χ1v) is 6.22. The SMILES string of the molecule is CCn1ncnc1CN=C(N)NC1CCCC1. The third-order valence-electron chi connectivity index (χ3n) is 3.09. The molecule has 0 amide bonds. The van der Waals surface area contributed by atoms with Gasteiger partial charge in [0, 0.05) is 12.6 Å². The molecule has 0 bridgehead atoms. The fourth-order valence-corrected chi connectivity index (χ4v) is 2.16. The van der Waals surface area contributed by atoms with Gasteiger partial charge in [-0.2, -0.15) is 5.10 Å². The van der Waals surface area contributed by atoms with Gasteiger partial charge in [0.1, 0.15) is 18.7 Å². The van der Waals surface area contributed by atoms with Crippen LogP contribution in [0.15, 0.2) is 11.3 Å². The molecule has 0 unspecified atom stereocenters. The summed E-state index contributed by atoms with van der Waals surface area (Å²) in [5, 5.41) is 7.34. The smallest absolute Gasteiger partial charge is 0.189 e. The summed E-state index contributed by atoms with van der Waals surface area (Å²) in [6, 6.07) is 0.503. The van der Waals surface area contributed by atoms with Crippen molar-refractivity contribution < 1.29 is 0 Å². The summed E-state index contributed by atoms with van der Waals surface area (Å²) in [5.41, 5.74) is 5.84. The Kier molecular flexibility index (Phi) is 3.95. The van der Waals surface area contributed by atoms with Crippen molar-refractivity contribution in [1.82, 2.24) is 20.1 Å². The quantitative estimate of drug-likeness (QED) is 0.594. The third kappa shape index (κ3) is 3.18. The molecular weight excluding hydrogens is 216 g/mol. The first kappa shape index (κ1) is 11.9. The van der Waals surface area contributed by atoms with Crippen LogP contribution in [0.1, 0.15) is 38.4 Å². The molecule has 1 aromatic rings. The minimum atomic E-state index is 0.486. The lowest BCUT2D eigenvalue weighted by Gasteiger charge is -2.12. The van der Waals surface area contributed by atoms with E-state index in [0.29, 0.717) is 18.5 Å². The molecule has 0 aliphatic heterocycles. The lowest BCUT2D eigenvalue weighted by molar-refractivity contribution is 0.608. The molecule has 6 heteroatoms. The van der Waals surface area contributed by atoms with E-state index < -0.39 is 0 Å². The molecule has 1 aliphatic rings. The molecule has 6 nitrogen and oxygen atoms in total. The van der Waals surface area contributed by atoms with Crippen molar-refractivity contribution >= 4 is 5.96 Å². The summed E-state index contributed by atoms with van der Waals surface area (Å²) in [6.07, 6.45) is 6.52. The topological polar surface area (TPSA) is 81.1 Å². The minimum Gasteiger partial charge on any atom is -0.370 e. The van der Waals surface area contributed by atoms with Crippen LogP contribution in [0.25, 0.3) is 0 Å². The average molecular weight is 236 g/mol. The second-order valence-corrected chi connectivity index (χ2v) is 4.32. The standard InChI is InChI=1S/C11H20N6/c1-2-17-10(14-8-15-17)7-13-11(12)16-9-5-3-4-6-9/h8-9H,2-7H2,1H3,(H3,12,13,16). The summed E-state index contributed by atoms with van der Waals surface area (Å²) in [6.45, 7) is 3.32. The maximum atomic E-state index is 5.84. The minimum absolute atomic E-state index is 0.486. The van der Waals surface area contributed by atoms with E-state index in [1.807, 2.05) is 11.6 Å². The zero-order chi connectivity index (χ0) is 12.1. The molecule has 1 aliphatic carbocycles. The first-order valence-electron chi connectivity index (χ1n) is 6.22. The summed E-state index contributed by atoms with van der Waals surface area (Å²) in [4.78, 5) is 8.45. The van der Waals surface area contributed by atoms with Crippen LogP contribution in [-0.2, 0) is 13.1 Å². The summed E-state index contributed by atoms with van der Waals surface area (Å²) < 4.78 is 1.83. The lowest BCUT2D eigenvalue weighted by atomic mass is 10.2. The Labute approximate surface area is 101 Å². The Hall–Kier alpha value is -1.59. The molecule has 1 aromatic heterocycles. The van der Waals surface area contributed by atoms with Crippen LogP contribution >= 0.6 is 0 Å². The third-order valence-corrected chi connectivity index (χ3v) is 3.09. The molecule has 0 spiro atoms. The number of guanidine groups is 1. The number of nitrogens with one attached hydrogen (secondary N) is 1. The molecular formula is C11H20N6. The lowest BCUT2D eigenvalue weighted by Crippen LogP contribution is -2.38. The van der Waals surface area contributed by atoms with Crippen molar-refractivity contribution in [2.75, 3.05) is 0 Å². The summed E-state index contributed by atoms with van der Waals surface area (Å²) >= 11 is 0. The number of nitrogens with two attached hydrogens (primary N) is 1. The molecule has 1 heterocycles. The number of nitrogens with zero attached hydrogens (tertiary/aromatic N) is 4. The second kappa shape index (κ2) is 5.65.